The zero-order valence-corrected chi connectivity index (χ0v) is 11.9. The largest absolute Gasteiger partial charge is 0.411 e. The summed E-state index contributed by atoms with van der Waals surface area (Å²) in [5, 5.41) is 0. The molecule has 0 aliphatic heterocycles. The summed E-state index contributed by atoms with van der Waals surface area (Å²) in [6.07, 6.45) is 0.299. The molecule has 0 saturated heterocycles. The van der Waals surface area contributed by atoms with E-state index in [1.807, 2.05) is 12.1 Å². The summed E-state index contributed by atoms with van der Waals surface area (Å²) in [6.45, 7) is 11.2. The van der Waals surface area contributed by atoms with Gasteiger partial charge in [0.1, 0.15) is 5.75 Å². The van der Waals surface area contributed by atoms with Crippen LogP contribution in [0.15, 0.2) is 24.3 Å². The van der Waals surface area contributed by atoms with Gasteiger partial charge in [-0.05, 0) is 34.9 Å². The summed E-state index contributed by atoms with van der Waals surface area (Å²) in [6, 6.07) is 7.54. The Labute approximate surface area is 109 Å². The van der Waals surface area contributed by atoms with Crippen LogP contribution in [-0.4, -0.2) is 6.09 Å². The average Bonchev–Trinajstić information content (AvgIpc) is 2.13. The maximum atomic E-state index is 10.6. The maximum absolute atomic E-state index is 10.6. The Morgan fingerprint density at radius 1 is 1.11 bits per heavy atom. The summed E-state index contributed by atoms with van der Waals surface area (Å²) in [7, 11) is 0. The van der Waals surface area contributed by atoms with E-state index in [0.29, 0.717) is 5.75 Å². The SMILES string of the molecule is CC(C)(C)CC(C)(C)c1ccc(OC(N)=O)cc1. The van der Waals surface area contributed by atoms with Crippen LogP contribution in [0.5, 0.6) is 5.75 Å². The van der Waals surface area contributed by atoms with Gasteiger partial charge in [-0.3, -0.25) is 0 Å². The highest BCUT2D eigenvalue weighted by Gasteiger charge is 2.27. The molecular weight excluding hydrogens is 226 g/mol. The van der Waals surface area contributed by atoms with Crippen molar-refractivity contribution in [3.8, 4) is 5.75 Å². The Balaban J connectivity index is 2.87. The number of hydrogen-bond acceptors (Lipinski definition) is 2. The van der Waals surface area contributed by atoms with E-state index in [1.165, 1.54) is 5.56 Å². The Hall–Kier alpha value is -1.51. The van der Waals surface area contributed by atoms with Gasteiger partial charge in [0.2, 0.25) is 0 Å². The smallest absolute Gasteiger partial charge is 0.409 e. The van der Waals surface area contributed by atoms with Gasteiger partial charge >= 0.3 is 6.09 Å². The number of benzene rings is 1. The highest BCUT2D eigenvalue weighted by atomic mass is 16.5. The maximum Gasteiger partial charge on any atom is 0.409 e. The standard InChI is InChI=1S/C15H23NO2/c1-14(2,3)10-15(4,5)11-6-8-12(9-7-11)18-13(16)17/h6-9H,10H2,1-5H3,(H2,16,17). The molecule has 0 bridgehead atoms. The van der Waals surface area contributed by atoms with E-state index in [-0.39, 0.29) is 10.8 Å². The number of carbonyl (C=O) groups is 1. The van der Waals surface area contributed by atoms with E-state index in [4.69, 9.17) is 10.5 Å². The molecule has 3 nitrogen and oxygen atoms in total. The van der Waals surface area contributed by atoms with Crippen molar-refractivity contribution in [3.63, 3.8) is 0 Å². The van der Waals surface area contributed by atoms with E-state index >= 15 is 0 Å². The monoisotopic (exact) mass is 249 g/mol. The van der Waals surface area contributed by atoms with Gasteiger partial charge in [0.05, 0.1) is 0 Å². The first-order chi connectivity index (χ1) is 8.10. The fraction of sp³-hybridized carbons (Fsp3) is 0.533. The van der Waals surface area contributed by atoms with Crippen molar-refractivity contribution in [2.24, 2.45) is 11.1 Å². The first-order valence-electron chi connectivity index (χ1n) is 6.18. The van der Waals surface area contributed by atoms with Crippen molar-refractivity contribution < 1.29 is 9.53 Å². The highest BCUT2D eigenvalue weighted by Crippen LogP contribution is 2.36. The number of hydrogen-bond donors (Lipinski definition) is 1. The van der Waals surface area contributed by atoms with Crippen LogP contribution >= 0.6 is 0 Å². The predicted molar refractivity (Wildman–Crippen MR) is 73.8 cm³/mol. The minimum Gasteiger partial charge on any atom is -0.411 e. The van der Waals surface area contributed by atoms with Gasteiger partial charge < -0.3 is 10.5 Å². The van der Waals surface area contributed by atoms with E-state index in [2.05, 4.69) is 34.6 Å². The second-order valence-corrected chi connectivity index (χ2v) is 6.57. The quantitative estimate of drug-likeness (QED) is 0.884. The van der Waals surface area contributed by atoms with Crippen molar-refractivity contribution in [1.82, 2.24) is 0 Å². The molecular formula is C15H23NO2. The normalized spacial score (nSPS) is 12.3. The lowest BCUT2D eigenvalue weighted by Gasteiger charge is -2.33. The van der Waals surface area contributed by atoms with E-state index in [1.54, 1.807) is 12.1 Å². The molecule has 0 aliphatic carbocycles. The predicted octanol–water partition coefficient (Wildman–Crippen LogP) is 3.86. The van der Waals surface area contributed by atoms with Crippen molar-refractivity contribution in [2.45, 2.75) is 46.5 Å². The molecule has 100 valence electrons. The van der Waals surface area contributed by atoms with Crippen LogP contribution in [0, 0.1) is 5.41 Å². The molecule has 1 aromatic rings. The summed E-state index contributed by atoms with van der Waals surface area (Å²) < 4.78 is 4.82. The Morgan fingerprint density at radius 2 is 1.61 bits per heavy atom. The molecule has 18 heavy (non-hydrogen) atoms. The van der Waals surface area contributed by atoms with Gasteiger partial charge in [0.25, 0.3) is 0 Å². The highest BCUT2D eigenvalue weighted by molar-refractivity contribution is 5.68. The molecule has 0 spiro atoms. The van der Waals surface area contributed by atoms with Crippen LogP contribution in [0.25, 0.3) is 0 Å². The van der Waals surface area contributed by atoms with Crippen LogP contribution in [0.2, 0.25) is 0 Å². The zero-order valence-electron chi connectivity index (χ0n) is 11.9. The molecule has 0 heterocycles. The van der Waals surface area contributed by atoms with E-state index in [9.17, 15) is 4.79 Å². The molecule has 0 saturated carbocycles. The van der Waals surface area contributed by atoms with Crippen molar-refractivity contribution in [2.75, 3.05) is 0 Å². The number of nitrogens with two attached hydrogens (primary N) is 1. The third-order valence-electron chi connectivity index (χ3n) is 2.83. The Kier molecular flexibility index (Phi) is 4.05. The summed E-state index contributed by atoms with van der Waals surface area (Å²) >= 11 is 0. The van der Waals surface area contributed by atoms with Gasteiger partial charge in [0.15, 0.2) is 0 Å². The van der Waals surface area contributed by atoms with Crippen LogP contribution in [-0.2, 0) is 5.41 Å². The molecule has 0 atom stereocenters. The first kappa shape index (κ1) is 14.6. The van der Waals surface area contributed by atoms with Gasteiger partial charge in [-0.2, -0.15) is 0 Å². The lowest BCUT2D eigenvalue weighted by Crippen LogP contribution is -2.24. The van der Waals surface area contributed by atoms with Gasteiger partial charge in [-0.15, -0.1) is 0 Å². The topological polar surface area (TPSA) is 52.3 Å². The molecule has 0 aliphatic rings. The first-order valence-corrected chi connectivity index (χ1v) is 6.18. The second-order valence-electron chi connectivity index (χ2n) is 6.57. The fourth-order valence-corrected chi connectivity index (χ4v) is 2.52. The Bertz CT molecular complexity index is 413. The molecule has 1 rings (SSSR count). The van der Waals surface area contributed by atoms with Crippen molar-refractivity contribution >= 4 is 6.09 Å². The molecule has 0 unspecified atom stereocenters. The van der Waals surface area contributed by atoms with Crippen molar-refractivity contribution in [1.29, 1.82) is 0 Å². The third kappa shape index (κ3) is 4.40. The number of ether oxygens (including phenoxy) is 1. The molecule has 1 amide bonds. The number of carbonyl (C=O) groups excluding carboxylic acids is 1. The average molecular weight is 249 g/mol. The Morgan fingerprint density at radius 3 is 2.00 bits per heavy atom. The minimum absolute atomic E-state index is 0.0868. The lowest BCUT2D eigenvalue weighted by atomic mass is 9.72. The summed E-state index contributed by atoms with van der Waals surface area (Å²) in [4.78, 5) is 10.6. The number of rotatable bonds is 3. The summed E-state index contributed by atoms with van der Waals surface area (Å²) in [5.41, 5.74) is 6.56. The number of primary amides is 1. The molecule has 2 N–H and O–H groups in total. The van der Waals surface area contributed by atoms with Gasteiger partial charge in [-0.25, -0.2) is 4.79 Å². The van der Waals surface area contributed by atoms with Crippen LogP contribution < -0.4 is 10.5 Å². The van der Waals surface area contributed by atoms with E-state index < -0.39 is 6.09 Å². The van der Waals surface area contributed by atoms with Crippen LogP contribution in [0.1, 0.15) is 46.6 Å². The van der Waals surface area contributed by atoms with Gasteiger partial charge in [-0.1, -0.05) is 46.8 Å². The molecule has 1 aromatic carbocycles. The van der Waals surface area contributed by atoms with Crippen molar-refractivity contribution in [3.05, 3.63) is 29.8 Å². The minimum atomic E-state index is -0.781. The number of amides is 1. The van der Waals surface area contributed by atoms with Crippen LogP contribution in [0.4, 0.5) is 4.79 Å². The van der Waals surface area contributed by atoms with Gasteiger partial charge in [0, 0.05) is 0 Å². The lowest BCUT2D eigenvalue weighted by molar-refractivity contribution is 0.211. The van der Waals surface area contributed by atoms with E-state index in [0.717, 1.165) is 6.42 Å². The zero-order chi connectivity index (χ0) is 14.0. The molecule has 0 aromatic heterocycles. The molecule has 0 fully saturated rings. The second kappa shape index (κ2) is 5.01. The molecule has 0 radical (unpaired) electrons. The third-order valence-corrected chi connectivity index (χ3v) is 2.83. The molecule has 3 heteroatoms. The van der Waals surface area contributed by atoms with Crippen LogP contribution in [0.3, 0.4) is 0 Å². The fourth-order valence-electron chi connectivity index (χ4n) is 2.52. The summed E-state index contributed by atoms with van der Waals surface area (Å²) in [5.74, 6) is 0.484.